The summed E-state index contributed by atoms with van der Waals surface area (Å²) in [6.07, 6.45) is 1.06. The summed E-state index contributed by atoms with van der Waals surface area (Å²) in [6, 6.07) is 10.7. The molecule has 0 radical (unpaired) electrons. The van der Waals surface area contributed by atoms with Gasteiger partial charge < -0.3 is 5.32 Å². The lowest BCUT2D eigenvalue weighted by atomic mass is 10.1. The van der Waals surface area contributed by atoms with Crippen LogP contribution in [0.15, 0.2) is 67.0 Å². The molecule has 0 unspecified atom stereocenters. The number of aromatic nitrogens is 2. The first-order valence-corrected chi connectivity index (χ1v) is 8.63. The van der Waals surface area contributed by atoms with Crippen molar-refractivity contribution in [2.75, 3.05) is 5.32 Å². The molecule has 3 rings (SSSR count). The largest absolute Gasteiger partial charge is 0.416 e. The molecular formula is C20H15F3N4O3. The molecule has 30 heavy (non-hydrogen) atoms. The van der Waals surface area contributed by atoms with Crippen LogP contribution in [0, 0.1) is 10.1 Å². The van der Waals surface area contributed by atoms with E-state index in [4.69, 9.17) is 0 Å². The van der Waals surface area contributed by atoms with Crippen molar-refractivity contribution in [1.82, 2.24) is 9.78 Å². The molecule has 3 aromatic rings. The number of amides is 1. The van der Waals surface area contributed by atoms with Crippen molar-refractivity contribution in [3.05, 3.63) is 93.8 Å². The molecule has 0 atom stereocenters. The molecule has 1 aromatic heterocycles. The van der Waals surface area contributed by atoms with Crippen LogP contribution in [0.25, 0.3) is 6.08 Å². The van der Waals surface area contributed by atoms with E-state index < -0.39 is 22.6 Å². The second-order valence-electron chi connectivity index (χ2n) is 6.30. The number of benzene rings is 2. The first-order chi connectivity index (χ1) is 14.2. The fourth-order valence-corrected chi connectivity index (χ4v) is 2.65. The standard InChI is InChI=1S/C20H15F3N4O3/c21-20(22,23)16-5-1-4-15(9-16)12-26-13-17(11-24-26)25-19(28)8-7-14-3-2-6-18(10-14)27(29)30/h1-11,13H,12H2,(H,25,28)/b8-7+. The van der Waals surface area contributed by atoms with E-state index >= 15 is 0 Å². The molecule has 1 N–H and O–H groups in total. The second kappa shape index (κ2) is 8.60. The third-order valence-electron chi connectivity index (χ3n) is 4.01. The first kappa shape index (κ1) is 20.8. The Bertz CT molecular complexity index is 1110. The van der Waals surface area contributed by atoms with E-state index in [0.29, 0.717) is 16.8 Å². The monoisotopic (exact) mass is 416 g/mol. The highest BCUT2D eigenvalue weighted by Crippen LogP contribution is 2.29. The van der Waals surface area contributed by atoms with Crippen LogP contribution in [-0.4, -0.2) is 20.6 Å². The molecule has 10 heteroatoms. The molecule has 0 aliphatic rings. The summed E-state index contributed by atoms with van der Waals surface area (Å²) in [5.74, 6) is -0.486. The van der Waals surface area contributed by atoms with E-state index in [1.165, 1.54) is 53.5 Å². The Kier molecular flexibility index (Phi) is 5.95. The van der Waals surface area contributed by atoms with Gasteiger partial charge in [0.05, 0.1) is 28.9 Å². The number of nitro benzene ring substituents is 1. The van der Waals surface area contributed by atoms with Gasteiger partial charge in [0.2, 0.25) is 5.91 Å². The summed E-state index contributed by atoms with van der Waals surface area (Å²) in [7, 11) is 0. The van der Waals surface area contributed by atoms with Gasteiger partial charge in [0, 0.05) is 24.4 Å². The highest BCUT2D eigenvalue weighted by Gasteiger charge is 2.30. The van der Waals surface area contributed by atoms with Crippen LogP contribution in [0.2, 0.25) is 0 Å². The van der Waals surface area contributed by atoms with Crippen LogP contribution in [0.1, 0.15) is 16.7 Å². The third kappa shape index (κ3) is 5.53. The Morgan fingerprint density at radius 2 is 1.97 bits per heavy atom. The van der Waals surface area contributed by atoms with E-state index in [2.05, 4.69) is 10.4 Å². The number of hydrogen-bond acceptors (Lipinski definition) is 4. The van der Waals surface area contributed by atoms with Crippen molar-refractivity contribution in [2.24, 2.45) is 0 Å². The van der Waals surface area contributed by atoms with E-state index in [1.54, 1.807) is 12.1 Å². The van der Waals surface area contributed by atoms with Crippen LogP contribution >= 0.6 is 0 Å². The minimum absolute atomic E-state index is 0.0894. The fraction of sp³-hybridized carbons (Fsp3) is 0.100. The number of rotatable bonds is 6. The van der Waals surface area contributed by atoms with E-state index in [0.717, 1.165) is 12.1 Å². The van der Waals surface area contributed by atoms with Crippen LogP contribution in [0.5, 0.6) is 0 Å². The van der Waals surface area contributed by atoms with Crippen LogP contribution in [0.3, 0.4) is 0 Å². The number of carbonyl (C=O) groups excluding carboxylic acids is 1. The van der Waals surface area contributed by atoms with Crippen LogP contribution < -0.4 is 5.32 Å². The van der Waals surface area contributed by atoms with Crippen LogP contribution in [-0.2, 0) is 17.5 Å². The van der Waals surface area contributed by atoms with Crippen molar-refractivity contribution in [2.45, 2.75) is 12.7 Å². The molecule has 0 bridgehead atoms. The van der Waals surface area contributed by atoms with Crippen LogP contribution in [0.4, 0.5) is 24.5 Å². The lowest BCUT2D eigenvalue weighted by Crippen LogP contribution is -2.08. The molecule has 0 saturated carbocycles. The normalized spacial score (nSPS) is 11.6. The number of carbonyl (C=O) groups is 1. The summed E-state index contributed by atoms with van der Waals surface area (Å²) >= 11 is 0. The topological polar surface area (TPSA) is 90.1 Å². The lowest BCUT2D eigenvalue weighted by Gasteiger charge is -2.08. The number of alkyl halides is 3. The zero-order chi connectivity index (χ0) is 21.7. The summed E-state index contributed by atoms with van der Waals surface area (Å²) in [4.78, 5) is 22.3. The quantitative estimate of drug-likeness (QED) is 0.364. The number of hydrogen-bond donors (Lipinski definition) is 1. The van der Waals surface area contributed by atoms with Gasteiger partial charge in [-0.1, -0.05) is 24.3 Å². The molecule has 2 aromatic carbocycles. The molecular weight excluding hydrogens is 401 g/mol. The molecule has 0 fully saturated rings. The summed E-state index contributed by atoms with van der Waals surface area (Å²) < 4.78 is 39.8. The summed E-state index contributed by atoms with van der Waals surface area (Å²) in [5.41, 5.74) is 0.423. The number of anilines is 1. The van der Waals surface area contributed by atoms with E-state index in [-0.39, 0.29) is 12.2 Å². The smallest absolute Gasteiger partial charge is 0.320 e. The summed E-state index contributed by atoms with van der Waals surface area (Å²) in [5, 5.41) is 17.4. The first-order valence-electron chi connectivity index (χ1n) is 8.63. The Morgan fingerprint density at radius 1 is 1.20 bits per heavy atom. The minimum Gasteiger partial charge on any atom is -0.320 e. The lowest BCUT2D eigenvalue weighted by molar-refractivity contribution is -0.384. The number of nitrogens with one attached hydrogen (secondary N) is 1. The molecule has 1 amide bonds. The van der Waals surface area contributed by atoms with Gasteiger partial charge in [-0.2, -0.15) is 18.3 Å². The maximum absolute atomic E-state index is 12.8. The Balaban J connectivity index is 1.62. The van der Waals surface area contributed by atoms with Gasteiger partial charge in [-0.05, 0) is 29.3 Å². The number of nitrogens with zero attached hydrogens (tertiary/aromatic N) is 3. The second-order valence-corrected chi connectivity index (χ2v) is 6.30. The van der Waals surface area contributed by atoms with Crippen molar-refractivity contribution in [1.29, 1.82) is 0 Å². The van der Waals surface area contributed by atoms with Gasteiger partial charge in [-0.25, -0.2) is 0 Å². The zero-order valence-electron chi connectivity index (χ0n) is 15.3. The zero-order valence-corrected chi connectivity index (χ0v) is 15.3. The summed E-state index contributed by atoms with van der Waals surface area (Å²) in [6.45, 7) is 0.101. The van der Waals surface area contributed by atoms with Gasteiger partial charge in [-0.3, -0.25) is 19.6 Å². The van der Waals surface area contributed by atoms with Crippen molar-refractivity contribution in [3.63, 3.8) is 0 Å². The van der Waals surface area contributed by atoms with Crippen molar-refractivity contribution < 1.29 is 22.9 Å². The van der Waals surface area contributed by atoms with E-state index in [9.17, 15) is 28.1 Å². The number of non-ortho nitro benzene ring substituents is 1. The van der Waals surface area contributed by atoms with Crippen molar-refractivity contribution >= 4 is 23.4 Å². The average molecular weight is 416 g/mol. The molecule has 7 nitrogen and oxygen atoms in total. The van der Waals surface area contributed by atoms with Crippen molar-refractivity contribution in [3.8, 4) is 0 Å². The van der Waals surface area contributed by atoms with Gasteiger partial charge in [0.15, 0.2) is 0 Å². The Hall–Kier alpha value is -3.95. The molecule has 154 valence electrons. The van der Waals surface area contributed by atoms with Gasteiger partial charge in [0.1, 0.15) is 0 Å². The SMILES string of the molecule is O=C(/C=C/c1cccc([N+](=O)[O-])c1)Nc1cnn(Cc2cccc(C(F)(F)F)c2)c1. The Labute approximate surface area is 168 Å². The van der Waals surface area contributed by atoms with Gasteiger partial charge in [-0.15, -0.1) is 0 Å². The van der Waals surface area contributed by atoms with Gasteiger partial charge >= 0.3 is 6.18 Å². The highest BCUT2D eigenvalue weighted by atomic mass is 19.4. The molecule has 0 saturated heterocycles. The average Bonchev–Trinajstić information content (AvgIpc) is 3.13. The van der Waals surface area contributed by atoms with Gasteiger partial charge in [0.25, 0.3) is 5.69 Å². The highest BCUT2D eigenvalue weighted by molar-refractivity contribution is 6.01. The molecule has 0 spiro atoms. The Morgan fingerprint density at radius 3 is 2.70 bits per heavy atom. The predicted octanol–water partition coefficient (Wildman–Crippen LogP) is 4.51. The minimum atomic E-state index is -4.43. The molecule has 0 aliphatic carbocycles. The molecule has 1 heterocycles. The number of halogens is 3. The van der Waals surface area contributed by atoms with E-state index in [1.807, 2.05) is 0 Å². The molecule has 0 aliphatic heterocycles. The fourth-order valence-electron chi connectivity index (χ4n) is 2.65. The predicted molar refractivity (Wildman–Crippen MR) is 104 cm³/mol. The third-order valence-corrected chi connectivity index (χ3v) is 4.01. The maximum Gasteiger partial charge on any atom is 0.416 e. The number of nitro groups is 1. The maximum atomic E-state index is 12.8.